The largest absolute Gasteiger partial charge is 0.322 e. The van der Waals surface area contributed by atoms with Gasteiger partial charge in [-0.3, -0.25) is 14.5 Å². The van der Waals surface area contributed by atoms with Gasteiger partial charge < -0.3 is 5.32 Å². The standard InChI is InChI=1S/C20H14Cl2FN3O2S/c1-12(27)26(18-5-3-2-4-17(18)23)20-25-14(11-29-20)7-9-19(28)24-13-6-8-15(21)16(22)10-13/h2-11H,1H3,(H,24,28)/b9-7+. The summed E-state index contributed by atoms with van der Waals surface area (Å²) < 4.78 is 14.1. The van der Waals surface area contributed by atoms with E-state index in [2.05, 4.69) is 10.3 Å². The van der Waals surface area contributed by atoms with Gasteiger partial charge in [0.25, 0.3) is 0 Å². The molecule has 2 amide bonds. The quantitative estimate of drug-likeness (QED) is 0.491. The predicted octanol–water partition coefficient (Wildman–Crippen LogP) is 5.93. The summed E-state index contributed by atoms with van der Waals surface area (Å²) in [5, 5.41) is 5.33. The summed E-state index contributed by atoms with van der Waals surface area (Å²) in [5.41, 5.74) is 1.06. The Kier molecular flexibility index (Phi) is 6.64. The number of para-hydroxylation sites is 1. The summed E-state index contributed by atoms with van der Waals surface area (Å²) in [5.74, 6) is -1.30. The van der Waals surface area contributed by atoms with Crippen molar-refractivity contribution < 1.29 is 14.0 Å². The van der Waals surface area contributed by atoms with Gasteiger partial charge >= 0.3 is 0 Å². The highest BCUT2D eigenvalue weighted by Crippen LogP contribution is 2.31. The molecular weight excluding hydrogens is 436 g/mol. The van der Waals surface area contributed by atoms with Gasteiger partial charge in [-0.15, -0.1) is 11.3 Å². The Morgan fingerprint density at radius 1 is 1.17 bits per heavy atom. The van der Waals surface area contributed by atoms with E-state index in [1.165, 1.54) is 42.2 Å². The summed E-state index contributed by atoms with van der Waals surface area (Å²) in [6.07, 6.45) is 2.79. The number of nitrogens with one attached hydrogen (secondary N) is 1. The van der Waals surface area contributed by atoms with Crippen molar-refractivity contribution in [3.05, 3.63) is 75.5 Å². The number of hydrogen-bond acceptors (Lipinski definition) is 4. The number of thiazole rings is 1. The first-order valence-corrected chi connectivity index (χ1v) is 9.93. The third-order valence-corrected chi connectivity index (χ3v) is 5.29. The lowest BCUT2D eigenvalue weighted by Gasteiger charge is -2.18. The number of rotatable bonds is 5. The van der Waals surface area contributed by atoms with E-state index in [-0.39, 0.29) is 11.6 Å². The van der Waals surface area contributed by atoms with Crippen molar-refractivity contribution in [1.29, 1.82) is 0 Å². The SMILES string of the molecule is CC(=O)N(c1nc(/C=C/C(=O)Nc2ccc(Cl)c(Cl)c2)cs1)c1ccccc1F. The maximum Gasteiger partial charge on any atom is 0.248 e. The molecule has 3 rings (SSSR count). The summed E-state index contributed by atoms with van der Waals surface area (Å²) in [6.45, 7) is 1.33. The van der Waals surface area contributed by atoms with Gasteiger partial charge in [-0.05, 0) is 36.4 Å². The molecule has 0 spiro atoms. The van der Waals surface area contributed by atoms with Gasteiger partial charge in [0.15, 0.2) is 5.13 Å². The van der Waals surface area contributed by atoms with Crippen LogP contribution in [-0.4, -0.2) is 16.8 Å². The first-order chi connectivity index (χ1) is 13.8. The van der Waals surface area contributed by atoms with Gasteiger partial charge in [0.05, 0.1) is 21.4 Å². The Morgan fingerprint density at radius 3 is 2.62 bits per heavy atom. The number of carbonyl (C=O) groups is 2. The molecule has 29 heavy (non-hydrogen) atoms. The lowest BCUT2D eigenvalue weighted by atomic mass is 10.3. The molecule has 0 radical (unpaired) electrons. The molecule has 2 aromatic carbocycles. The number of carbonyl (C=O) groups excluding carboxylic acids is 2. The van der Waals surface area contributed by atoms with E-state index in [9.17, 15) is 14.0 Å². The van der Waals surface area contributed by atoms with Crippen molar-refractivity contribution in [2.75, 3.05) is 10.2 Å². The molecule has 0 unspecified atom stereocenters. The van der Waals surface area contributed by atoms with Crippen LogP contribution in [0, 0.1) is 5.82 Å². The summed E-state index contributed by atoms with van der Waals surface area (Å²) in [4.78, 5) is 29.6. The second-order valence-corrected chi connectivity index (χ2v) is 7.46. The van der Waals surface area contributed by atoms with Crippen molar-refractivity contribution >= 4 is 68.9 Å². The fourth-order valence-electron chi connectivity index (χ4n) is 2.41. The number of nitrogens with zero attached hydrogens (tertiary/aromatic N) is 2. The van der Waals surface area contributed by atoms with Crippen LogP contribution in [0.4, 0.5) is 20.9 Å². The second-order valence-electron chi connectivity index (χ2n) is 5.81. The topological polar surface area (TPSA) is 62.3 Å². The van der Waals surface area contributed by atoms with E-state index in [0.29, 0.717) is 26.6 Å². The molecule has 3 aromatic rings. The van der Waals surface area contributed by atoms with Crippen molar-refractivity contribution in [3.63, 3.8) is 0 Å². The molecule has 1 aromatic heterocycles. The number of amides is 2. The highest BCUT2D eigenvalue weighted by atomic mass is 35.5. The van der Waals surface area contributed by atoms with Crippen LogP contribution in [0.25, 0.3) is 6.08 Å². The van der Waals surface area contributed by atoms with Crippen LogP contribution in [0.1, 0.15) is 12.6 Å². The molecule has 9 heteroatoms. The number of benzene rings is 2. The van der Waals surface area contributed by atoms with Gasteiger partial charge in [-0.2, -0.15) is 0 Å². The average Bonchev–Trinajstić information content (AvgIpc) is 3.13. The molecule has 0 atom stereocenters. The minimum atomic E-state index is -0.531. The van der Waals surface area contributed by atoms with E-state index in [1.54, 1.807) is 29.6 Å². The molecule has 0 saturated heterocycles. The van der Waals surface area contributed by atoms with Gasteiger partial charge in [-0.1, -0.05) is 35.3 Å². The van der Waals surface area contributed by atoms with E-state index >= 15 is 0 Å². The van der Waals surface area contributed by atoms with Crippen LogP contribution < -0.4 is 10.2 Å². The number of anilines is 3. The maximum atomic E-state index is 14.1. The molecule has 1 heterocycles. The Morgan fingerprint density at radius 2 is 1.93 bits per heavy atom. The first-order valence-electron chi connectivity index (χ1n) is 8.30. The molecule has 0 aliphatic heterocycles. The van der Waals surface area contributed by atoms with Crippen molar-refractivity contribution in [2.45, 2.75) is 6.92 Å². The smallest absolute Gasteiger partial charge is 0.248 e. The highest BCUT2D eigenvalue weighted by Gasteiger charge is 2.20. The summed E-state index contributed by atoms with van der Waals surface area (Å²) in [7, 11) is 0. The van der Waals surface area contributed by atoms with Crippen LogP contribution in [0.2, 0.25) is 10.0 Å². The predicted molar refractivity (Wildman–Crippen MR) is 115 cm³/mol. The molecular formula is C20H14Cl2FN3O2S. The molecule has 0 aliphatic carbocycles. The summed E-state index contributed by atoms with van der Waals surface area (Å²) in [6, 6.07) is 10.7. The molecule has 5 nitrogen and oxygen atoms in total. The van der Waals surface area contributed by atoms with E-state index in [4.69, 9.17) is 23.2 Å². The number of aromatic nitrogens is 1. The first kappa shape index (κ1) is 21.0. The van der Waals surface area contributed by atoms with Gasteiger partial charge in [0, 0.05) is 24.1 Å². The molecule has 1 N–H and O–H groups in total. The fourth-order valence-corrected chi connectivity index (χ4v) is 3.56. The van der Waals surface area contributed by atoms with Crippen LogP contribution >= 0.6 is 34.5 Å². The number of hydrogen-bond donors (Lipinski definition) is 1. The van der Waals surface area contributed by atoms with Crippen molar-refractivity contribution in [3.8, 4) is 0 Å². The Hall–Kier alpha value is -2.74. The van der Waals surface area contributed by atoms with Gasteiger partial charge in [0.1, 0.15) is 5.82 Å². The summed E-state index contributed by atoms with van der Waals surface area (Å²) >= 11 is 12.9. The lowest BCUT2D eigenvalue weighted by Crippen LogP contribution is -2.23. The normalized spacial score (nSPS) is 10.9. The third kappa shape index (κ3) is 5.20. The van der Waals surface area contributed by atoms with Crippen molar-refractivity contribution in [2.24, 2.45) is 0 Å². The van der Waals surface area contributed by atoms with E-state index in [0.717, 1.165) is 11.3 Å². The zero-order valence-electron chi connectivity index (χ0n) is 15.0. The monoisotopic (exact) mass is 449 g/mol. The lowest BCUT2D eigenvalue weighted by molar-refractivity contribution is -0.116. The van der Waals surface area contributed by atoms with Crippen LogP contribution in [0.15, 0.2) is 53.9 Å². The fraction of sp³-hybridized carbons (Fsp3) is 0.0500. The van der Waals surface area contributed by atoms with E-state index in [1.807, 2.05) is 0 Å². The minimum absolute atomic E-state index is 0.113. The molecule has 0 aliphatic rings. The molecule has 0 saturated carbocycles. The van der Waals surface area contributed by atoms with Crippen LogP contribution in [-0.2, 0) is 9.59 Å². The average molecular weight is 450 g/mol. The maximum absolute atomic E-state index is 14.1. The molecule has 0 bridgehead atoms. The van der Waals surface area contributed by atoms with E-state index < -0.39 is 11.7 Å². The van der Waals surface area contributed by atoms with Gasteiger partial charge in [0.2, 0.25) is 11.8 Å². The molecule has 148 valence electrons. The van der Waals surface area contributed by atoms with Crippen LogP contribution in [0.5, 0.6) is 0 Å². The Balaban J connectivity index is 1.74. The zero-order valence-corrected chi connectivity index (χ0v) is 17.4. The molecule has 0 fully saturated rings. The Labute approximate surface area is 180 Å². The third-order valence-electron chi connectivity index (χ3n) is 3.70. The van der Waals surface area contributed by atoms with Crippen LogP contribution in [0.3, 0.4) is 0 Å². The Bertz CT molecular complexity index is 1100. The highest BCUT2D eigenvalue weighted by molar-refractivity contribution is 7.14. The zero-order chi connectivity index (χ0) is 21.0. The second kappa shape index (κ2) is 9.17. The van der Waals surface area contributed by atoms with Gasteiger partial charge in [-0.25, -0.2) is 9.37 Å². The van der Waals surface area contributed by atoms with Crippen molar-refractivity contribution in [1.82, 2.24) is 4.98 Å². The minimum Gasteiger partial charge on any atom is -0.322 e. The number of halogens is 3.